The predicted molar refractivity (Wildman–Crippen MR) is 560 cm³/mol. The molecule has 0 radical (unpaired) electrons. The number of Topliss-reactive ketones (excluding diaryl/α,β-unsaturated/α-hetero) is 1. The van der Waals surface area contributed by atoms with Crippen molar-refractivity contribution >= 4 is 129 Å². The molecule has 0 unspecified atom stereocenters. The molecule has 11 N–H and O–H groups in total. The molecular formula is C108H88N34O4. The maximum Gasteiger partial charge on any atom is 0.321 e. The van der Waals surface area contributed by atoms with Crippen molar-refractivity contribution in [2.75, 3.05) is 63.3 Å². The van der Waals surface area contributed by atoms with Crippen molar-refractivity contribution in [3.8, 4) is 135 Å². The van der Waals surface area contributed by atoms with Crippen molar-refractivity contribution in [2.24, 2.45) is 0 Å². The highest BCUT2D eigenvalue weighted by atomic mass is 16.2. The minimum absolute atomic E-state index is 0.0646. The molecule has 38 heteroatoms. The first-order chi connectivity index (χ1) is 71.6. The molecule has 0 atom stereocenters. The summed E-state index contributed by atoms with van der Waals surface area (Å²) in [5.74, 6) is 2.80. The zero-order valence-corrected chi connectivity index (χ0v) is 79.1. The van der Waals surface area contributed by atoms with Crippen LogP contribution in [0.4, 0.5) is 26.7 Å². The molecule has 5 amide bonds. The quantitative estimate of drug-likeness (QED) is 0.0358. The number of carbonyl (C=O) groups is 4. The number of hydrogen-bond acceptors (Lipinski definition) is 25. The van der Waals surface area contributed by atoms with Gasteiger partial charge in [0.05, 0.1) is 101 Å². The molecule has 1 fully saturated rings. The van der Waals surface area contributed by atoms with E-state index in [0.29, 0.717) is 95.3 Å². The number of pyridine rings is 12. The molecule has 1 aliphatic heterocycles. The number of nitrogens with one attached hydrogen (secondary N) is 11. The molecule has 24 aromatic rings. The summed E-state index contributed by atoms with van der Waals surface area (Å²) in [6.07, 6.45) is 34.5. The van der Waals surface area contributed by atoms with E-state index in [1.54, 1.807) is 119 Å². The van der Waals surface area contributed by atoms with E-state index < -0.39 is 0 Å². The molecule has 0 saturated carbocycles. The van der Waals surface area contributed by atoms with E-state index in [1.807, 2.05) is 201 Å². The number of anilines is 3. The number of para-hydroxylation sites is 4. The molecule has 146 heavy (non-hydrogen) atoms. The van der Waals surface area contributed by atoms with Crippen molar-refractivity contribution in [2.45, 2.75) is 33.1 Å². The molecule has 20 aromatic heterocycles. The first-order valence-corrected chi connectivity index (χ1v) is 46.9. The summed E-state index contributed by atoms with van der Waals surface area (Å²) in [7, 11) is 5.43. The number of likely N-dealkylation sites (N-methyl/N-ethyl adjacent to an activating group) is 1. The van der Waals surface area contributed by atoms with Gasteiger partial charge in [0, 0.05) is 242 Å². The Balaban J connectivity index is 0.000000111. The van der Waals surface area contributed by atoms with Crippen LogP contribution < -0.4 is 16.0 Å². The minimum Gasteiger partial charge on any atom is -0.337 e. The third-order valence-electron chi connectivity index (χ3n) is 25.0. The van der Waals surface area contributed by atoms with Crippen LogP contribution >= 0.6 is 0 Å². The Morgan fingerprint density at radius 3 is 1.04 bits per heavy atom. The van der Waals surface area contributed by atoms with Crippen molar-refractivity contribution in [1.82, 2.24) is 155 Å². The molecule has 0 bridgehead atoms. The summed E-state index contributed by atoms with van der Waals surface area (Å²) in [5, 5.41) is 41.9. The highest BCUT2D eigenvalue weighted by Crippen LogP contribution is 2.40. The molecule has 714 valence electrons. The van der Waals surface area contributed by atoms with Gasteiger partial charge in [0.25, 0.3) is 0 Å². The predicted octanol–water partition coefficient (Wildman–Crippen LogP) is 19.2. The summed E-state index contributed by atoms with van der Waals surface area (Å²) in [5.41, 5.74) is 30.1. The lowest BCUT2D eigenvalue weighted by Crippen LogP contribution is -2.48. The lowest BCUT2D eigenvalue weighted by atomic mass is 10.1. The average Bonchev–Trinajstić information content (AvgIpc) is 1.62. The second-order valence-electron chi connectivity index (χ2n) is 34.8. The van der Waals surface area contributed by atoms with Gasteiger partial charge in [-0.25, -0.2) is 49.5 Å². The van der Waals surface area contributed by atoms with E-state index >= 15 is 0 Å². The zero-order valence-electron chi connectivity index (χ0n) is 79.1. The fourth-order valence-electron chi connectivity index (χ4n) is 17.3. The number of H-pyrrole nitrogens is 8. The zero-order chi connectivity index (χ0) is 99.3. The van der Waals surface area contributed by atoms with Gasteiger partial charge in [0.15, 0.2) is 45.9 Å². The molecule has 38 nitrogen and oxygen atoms in total. The lowest BCUT2D eigenvalue weighted by Gasteiger charge is -2.32. The van der Waals surface area contributed by atoms with E-state index in [1.165, 1.54) is 4.90 Å². The first-order valence-electron chi connectivity index (χ1n) is 46.9. The monoisotopic (exact) mass is 1920 g/mol. The topological polar surface area (TPSA) is 498 Å². The number of aromatic amines is 8. The van der Waals surface area contributed by atoms with Gasteiger partial charge in [0.2, 0.25) is 5.91 Å². The largest absolute Gasteiger partial charge is 0.337 e. The van der Waals surface area contributed by atoms with E-state index in [4.69, 9.17) is 19.9 Å². The Bertz CT molecular complexity index is 8980. The number of nitrogens with zero attached hydrogens (tertiary/aromatic N) is 23. The molecule has 1 aliphatic rings. The van der Waals surface area contributed by atoms with Crippen LogP contribution in [0.2, 0.25) is 0 Å². The number of amides is 5. The number of hydrogen-bond donors (Lipinski definition) is 11. The van der Waals surface area contributed by atoms with Gasteiger partial charge < -0.3 is 50.6 Å². The fraction of sp³-hybridized carbons (Fsp3) is 0.111. The number of piperazine rings is 1. The van der Waals surface area contributed by atoms with E-state index in [-0.39, 0.29) is 23.8 Å². The van der Waals surface area contributed by atoms with Crippen LogP contribution in [0.15, 0.2) is 294 Å². The van der Waals surface area contributed by atoms with E-state index in [2.05, 4.69) is 154 Å². The normalized spacial score (nSPS) is 12.0. The number of imidazole rings is 4. The van der Waals surface area contributed by atoms with Crippen LogP contribution in [0.25, 0.3) is 223 Å². The van der Waals surface area contributed by atoms with Crippen molar-refractivity contribution in [1.29, 1.82) is 0 Å². The molecule has 1 saturated heterocycles. The maximum atomic E-state index is 12.8. The molecule has 4 aromatic carbocycles. The smallest absolute Gasteiger partial charge is 0.321 e. The number of rotatable bonds is 19. The number of urea groups is 2. The first kappa shape index (κ1) is 91.2. The molecular weight excluding hydrogens is 1840 g/mol. The third-order valence-corrected chi connectivity index (χ3v) is 25.0. The van der Waals surface area contributed by atoms with Crippen LogP contribution in [0, 0.1) is 0 Å². The molecule has 0 spiro atoms. The van der Waals surface area contributed by atoms with Crippen molar-refractivity contribution in [3.05, 3.63) is 299 Å². The summed E-state index contributed by atoms with van der Waals surface area (Å²) in [6, 6.07) is 57.1. The van der Waals surface area contributed by atoms with Gasteiger partial charge in [-0.2, -0.15) is 20.4 Å². The molecule has 21 heterocycles. The number of ketones is 1. The van der Waals surface area contributed by atoms with E-state index in [9.17, 15) is 19.2 Å². The van der Waals surface area contributed by atoms with Crippen LogP contribution in [-0.4, -0.2) is 226 Å². The SMILES string of the molecule is CCC(=O)Cc1ccc(-c2cnc3n[nH]c(-c4nc5c(-c6cccnc6)cccc5[nH]4)c3c2)cn1.CCC(=O)Nc1cncc(-c2cnc3n[nH]c(-c4nc5c(-c6cccnc6)cccc5[nH]4)c3c2)c1.CN(C)C(=O)Nc1cncc(-c2cnc3n[nH]c(-c4nc5c(-c6ccncc6)cccc5[nH]4)c3c2)c1.CN1CCN(C(=O)Nc2cncc(-c3cnc4n[nH]c(-c5nc6c(-c7ccncc7)cccc6[nH]5)c4c3)c2)CC1. The van der Waals surface area contributed by atoms with Gasteiger partial charge in [-0.15, -0.1) is 0 Å². The summed E-state index contributed by atoms with van der Waals surface area (Å²) in [6.45, 7) is 6.79. The molecule has 0 aliphatic carbocycles. The maximum absolute atomic E-state index is 12.8. The second-order valence-corrected chi connectivity index (χ2v) is 34.8. The number of aromatic nitrogens is 28. The Morgan fingerprint density at radius 1 is 0.329 bits per heavy atom. The minimum atomic E-state index is -0.226. The Morgan fingerprint density at radius 2 is 0.685 bits per heavy atom. The van der Waals surface area contributed by atoms with Crippen LogP contribution in [0.5, 0.6) is 0 Å². The highest BCUT2D eigenvalue weighted by molar-refractivity contribution is 6.04. The van der Waals surface area contributed by atoms with E-state index in [0.717, 1.165) is 196 Å². The van der Waals surface area contributed by atoms with Gasteiger partial charge in [-0.05, 0) is 127 Å². The number of benzene rings is 4. The Hall–Kier alpha value is -19.9. The highest BCUT2D eigenvalue weighted by Gasteiger charge is 2.26. The fourth-order valence-corrected chi connectivity index (χ4v) is 17.3. The van der Waals surface area contributed by atoms with Crippen LogP contribution in [0.3, 0.4) is 0 Å². The van der Waals surface area contributed by atoms with Crippen LogP contribution in [-0.2, 0) is 16.0 Å². The summed E-state index contributed by atoms with van der Waals surface area (Å²) >= 11 is 0. The number of fused-ring (bicyclic) bond motifs is 8. The third kappa shape index (κ3) is 19.1. The number of carbonyl (C=O) groups excluding carboxylic acids is 4. The van der Waals surface area contributed by atoms with Gasteiger partial charge in [0.1, 0.15) is 28.6 Å². The van der Waals surface area contributed by atoms with Crippen molar-refractivity contribution in [3.63, 3.8) is 0 Å². The van der Waals surface area contributed by atoms with Gasteiger partial charge >= 0.3 is 12.1 Å². The Kier molecular flexibility index (Phi) is 25.1. The second kappa shape index (κ2) is 40.1. The van der Waals surface area contributed by atoms with Crippen molar-refractivity contribution < 1.29 is 19.2 Å². The van der Waals surface area contributed by atoms with Gasteiger partial charge in [-0.1, -0.05) is 80.6 Å². The van der Waals surface area contributed by atoms with Gasteiger partial charge in [-0.3, -0.25) is 69.9 Å². The Labute approximate surface area is 829 Å². The molecule has 25 rings (SSSR count). The summed E-state index contributed by atoms with van der Waals surface area (Å²) < 4.78 is 0. The summed E-state index contributed by atoms with van der Waals surface area (Å²) in [4.78, 5) is 139. The lowest BCUT2D eigenvalue weighted by molar-refractivity contribution is -0.118. The average molecular weight is 1930 g/mol. The van der Waals surface area contributed by atoms with Crippen LogP contribution in [0.1, 0.15) is 32.4 Å². The standard InChI is InChI=1S/C29H26N10O.C27H21N7O.C26H21N9O.C26H20N8O/c1-38-9-11-39(12-10-38)29(40)33-21-13-19(15-31-17-21)20-14-23-26(36-37-27(23)32-16-20)28-34-24-4-2-3-22(25(24)35-28)18-5-7-30-8-6-18;1-2-20(35)12-19-9-8-16(14-29-19)18-11-22-25(33-34-26(22)30-15-18)27-31-23-7-3-6-21(24(23)32-27)17-5-4-10-28-13-17;1-35(2)26(36)30-18-10-16(12-28-14-18)17-11-20-23(33-34-24(20)29-13-17)25-31-21-5-3-4-19(22(21)32-25)15-6-8-27-9-7-15;1-2-22(35)30-18-9-16(12-28-14-18)17-10-20-24(33-34-25(20)29-13-17)26-31-21-7-3-6-19(23(21)32-26)15-5-4-8-27-11-15/h2-8,13-17H,9-12H2,1H3,(H,33,40)(H,34,35)(H,32,36,37);3-11,13-15H,2,12H2,1H3,(H,31,32)(H,30,33,34);3-14H,1-2H3,(H,30,36)(H,31,32)(H,29,33,34);3-14H,2H2,1H3,(H,30,35)(H,31,32)(H,29,33,34).